The van der Waals surface area contributed by atoms with Crippen molar-refractivity contribution in [3.63, 3.8) is 0 Å². The number of amides is 2. The first-order valence-corrected chi connectivity index (χ1v) is 11.2. The molecule has 0 bridgehead atoms. The molecule has 2 amide bonds. The van der Waals surface area contributed by atoms with Crippen LogP contribution >= 0.6 is 0 Å². The first kappa shape index (κ1) is 23.3. The molecule has 0 aliphatic heterocycles. The minimum atomic E-state index is -3.65. The number of fused-ring (bicyclic) bond motifs is 1. The number of rotatable bonds is 7. The third kappa shape index (κ3) is 5.68. The normalized spacial score (nSPS) is 13.6. The average Bonchev–Trinajstić information content (AvgIpc) is 2.99. The van der Waals surface area contributed by atoms with Gasteiger partial charge in [-0.25, -0.2) is 37.1 Å². The van der Waals surface area contributed by atoms with Gasteiger partial charge >= 0.3 is 6.03 Å². The van der Waals surface area contributed by atoms with E-state index in [1.54, 1.807) is 20.8 Å². The van der Waals surface area contributed by atoms with E-state index in [1.165, 1.54) is 18.5 Å². The molecule has 0 saturated carbocycles. The Balaban J connectivity index is 1.63. The number of sulfonamides is 1. The van der Waals surface area contributed by atoms with E-state index in [9.17, 15) is 22.0 Å². The molecular weight excluding hydrogens is 446 g/mol. The lowest BCUT2D eigenvalue weighted by molar-refractivity contribution is 0.247. The second-order valence-corrected chi connectivity index (χ2v) is 9.01. The van der Waals surface area contributed by atoms with Gasteiger partial charge in [-0.3, -0.25) is 0 Å². The maximum absolute atomic E-state index is 14.0. The molecule has 0 aliphatic carbocycles. The standard InChI is InChI=1S/C19H22F2N6O4S/c1-9(8-32(22,29)30)25-18-23-6-13(7-24-18)27-19(28)26-11(3)16-10(2)14-4-12(20)5-15(21)17(14)31-16/h4-7,9,11H,8H2,1-3H3,(H2,22,29,30)(H,23,24,25)(H2,26,27,28). The largest absolute Gasteiger partial charge is 0.456 e. The van der Waals surface area contributed by atoms with Crippen LogP contribution in [-0.2, 0) is 10.0 Å². The topological polar surface area (TPSA) is 152 Å². The van der Waals surface area contributed by atoms with Crippen molar-refractivity contribution in [2.45, 2.75) is 32.9 Å². The fourth-order valence-corrected chi connectivity index (χ4v) is 3.96. The number of urea groups is 1. The van der Waals surface area contributed by atoms with Gasteiger partial charge in [0.2, 0.25) is 16.0 Å². The molecule has 3 rings (SSSR count). The van der Waals surface area contributed by atoms with Crippen LogP contribution in [0.4, 0.5) is 25.2 Å². The van der Waals surface area contributed by atoms with Crippen molar-refractivity contribution in [1.82, 2.24) is 15.3 Å². The van der Waals surface area contributed by atoms with Crippen molar-refractivity contribution in [1.29, 1.82) is 0 Å². The Morgan fingerprint density at radius 3 is 2.50 bits per heavy atom. The predicted molar refractivity (Wildman–Crippen MR) is 115 cm³/mol. The Hall–Kier alpha value is -3.32. The van der Waals surface area contributed by atoms with Crippen molar-refractivity contribution in [3.05, 3.63) is 47.5 Å². The molecule has 0 saturated heterocycles. The van der Waals surface area contributed by atoms with Gasteiger partial charge in [-0.15, -0.1) is 0 Å². The summed E-state index contributed by atoms with van der Waals surface area (Å²) in [5.41, 5.74) is 0.702. The van der Waals surface area contributed by atoms with Crippen LogP contribution in [0.25, 0.3) is 11.0 Å². The molecule has 13 heteroatoms. The highest BCUT2D eigenvalue weighted by atomic mass is 32.2. The number of nitrogens with zero attached hydrogens (tertiary/aromatic N) is 2. The molecule has 10 nitrogen and oxygen atoms in total. The van der Waals surface area contributed by atoms with Gasteiger partial charge in [-0.2, -0.15) is 0 Å². The molecule has 0 aliphatic rings. The minimum Gasteiger partial charge on any atom is -0.456 e. The Morgan fingerprint density at radius 1 is 1.22 bits per heavy atom. The first-order chi connectivity index (χ1) is 14.9. The third-order valence-electron chi connectivity index (χ3n) is 4.50. The lowest BCUT2D eigenvalue weighted by Crippen LogP contribution is -2.31. The Morgan fingerprint density at radius 2 is 1.88 bits per heavy atom. The SMILES string of the molecule is Cc1c(C(C)NC(=O)Nc2cnc(NC(C)CS(N)(=O)=O)nc2)oc2c(F)cc(F)cc12. The molecule has 2 unspecified atom stereocenters. The van der Waals surface area contributed by atoms with E-state index in [4.69, 9.17) is 9.56 Å². The lowest BCUT2D eigenvalue weighted by Gasteiger charge is -2.14. The first-order valence-electron chi connectivity index (χ1n) is 9.47. The van der Waals surface area contributed by atoms with E-state index in [0.717, 1.165) is 6.07 Å². The van der Waals surface area contributed by atoms with Gasteiger partial charge in [-0.05, 0) is 26.8 Å². The van der Waals surface area contributed by atoms with E-state index < -0.39 is 39.8 Å². The van der Waals surface area contributed by atoms with Gasteiger partial charge in [0.05, 0.1) is 29.9 Å². The summed E-state index contributed by atoms with van der Waals surface area (Å²) in [6.07, 6.45) is 2.65. The highest BCUT2D eigenvalue weighted by Crippen LogP contribution is 2.31. The fourth-order valence-electron chi connectivity index (χ4n) is 3.18. The maximum Gasteiger partial charge on any atom is 0.319 e. The smallest absolute Gasteiger partial charge is 0.319 e. The summed E-state index contributed by atoms with van der Waals surface area (Å²) >= 11 is 0. The number of halogens is 2. The number of anilines is 2. The van der Waals surface area contributed by atoms with Gasteiger partial charge in [0.25, 0.3) is 0 Å². The molecule has 5 N–H and O–H groups in total. The summed E-state index contributed by atoms with van der Waals surface area (Å²) in [5.74, 6) is -1.39. The number of carbonyl (C=O) groups excluding carboxylic acids is 1. The lowest BCUT2D eigenvalue weighted by atomic mass is 10.1. The van der Waals surface area contributed by atoms with E-state index in [1.807, 2.05) is 0 Å². The van der Waals surface area contributed by atoms with Crippen LogP contribution in [0, 0.1) is 18.6 Å². The molecule has 2 atom stereocenters. The molecule has 0 spiro atoms. The molecular formula is C19H22F2N6O4S. The highest BCUT2D eigenvalue weighted by molar-refractivity contribution is 7.89. The number of furan rings is 1. The predicted octanol–water partition coefficient (Wildman–Crippen LogP) is 2.78. The zero-order valence-electron chi connectivity index (χ0n) is 17.4. The summed E-state index contributed by atoms with van der Waals surface area (Å²) in [5, 5.41) is 13.2. The third-order valence-corrected chi connectivity index (χ3v) is 5.47. The van der Waals surface area contributed by atoms with E-state index in [-0.39, 0.29) is 23.0 Å². The van der Waals surface area contributed by atoms with Gasteiger partial charge in [0.1, 0.15) is 11.6 Å². The van der Waals surface area contributed by atoms with Gasteiger partial charge in [0.15, 0.2) is 11.4 Å². The quantitative estimate of drug-likeness (QED) is 0.416. The molecule has 0 radical (unpaired) electrons. The van der Waals surface area contributed by atoms with Crippen LogP contribution in [0.5, 0.6) is 0 Å². The number of primary sulfonamides is 1. The molecule has 32 heavy (non-hydrogen) atoms. The van der Waals surface area contributed by atoms with E-state index in [2.05, 4.69) is 25.9 Å². The number of carbonyl (C=O) groups is 1. The van der Waals surface area contributed by atoms with Gasteiger partial charge in [0, 0.05) is 23.1 Å². The van der Waals surface area contributed by atoms with Crippen LogP contribution in [-0.4, -0.2) is 36.2 Å². The van der Waals surface area contributed by atoms with Gasteiger partial charge < -0.3 is 20.4 Å². The highest BCUT2D eigenvalue weighted by Gasteiger charge is 2.21. The fraction of sp³-hybridized carbons (Fsp3) is 0.316. The average molecular weight is 468 g/mol. The number of nitrogens with one attached hydrogen (secondary N) is 3. The molecule has 2 aromatic heterocycles. The van der Waals surface area contributed by atoms with Gasteiger partial charge in [-0.1, -0.05) is 0 Å². The van der Waals surface area contributed by atoms with Crippen molar-refractivity contribution in [2.75, 3.05) is 16.4 Å². The van der Waals surface area contributed by atoms with Crippen molar-refractivity contribution >= 4 is 38.7 Å². The van der Waals surface area contributed by atoms with E-state index in [0.29, 0.717) is 16.7 Å². The minimum absolute atomic E-state index is 0.0823. The second-order valence-electron chi connectivity index (χ2n) is 7.35. The number of aryl methyl sites for hydroxylation is 1. The Bertz CT molecular complexity index is 1250. The van der Waals surface area contributed by atoms with Crippen LogP contribution in [0.3, 0.4) is 0 Å². The zero-order chi connectivity index (χ0) is 23.6. The van der Waals surface area contributed by atoms with Crippen LogP contribution < -0.4 is 21.1 Å². The summed E-state index contributed by atoms with van der Waals surface area (Å²) in [6.45, 7) is 4.89. The summed E-state index contributed by atoms with van der Waals surface area (Å²) in [7, 11) is -3.65. The molecule has 1 aromatic carbocycles. The summed E-state index contributed by atoms with van der Waals surface area (Å²) in [4.78, 5) is 20.3. The maximum atomic E-state index is 14.0. The van der Waals surface area contributed by atoms with Crippen LogP contribution in [0.15, 0.2) is 28.9 Å². The van der Waals surface area contributed by atoms with Crippen molar-refractivity contribution < 1.29 is 26.4 Å². The Labute approximate surface area is 182 Å². The van der Waals surface area contributed by atoms with Crippen molar-refractivity contribution in [3.8, 4) is 0 Å². The number of aromatic nitrogens is 2. The van der Waals surface area contributed by atoms with Crippen LogP contribution in [0.2, 0.25) is 0 Å². The molecule has 0 fully saturated rings. The number of hydrogen-bond donors (Lipinski definition) is 4. The second kappa shape index (κ2) is 9.04. The summed E-state index contributed by atoms with van der Waals surface area (Å²) in [6, 6.07) is 0.137. The van der Waals surface area contributed by atoms with Crippen LogP contribution in [0.1, 0.15) is 31.2 Å². The number of hydrogen-bond acceptors (Lipinski definition) is 7. The number of nitrogens with two attached hydrogens (primary N) is 1. The zero-order valence-corrected chi connectivity index (χ0v) is 18.3. The molecule has 3 aromatic rings. The summed E-state index contributed by atoms with van der Waals surface area (Å²) < 4.78 is 55.2. The Kier molecular flexibility index (Phi) is 6.60. The molecule has 2 heterocycles. The van der Waals surface area contributed by atoms with E-state index >= 15 is 0 Å². The number of benzene rings is 1. The molecule has 172 valence electrons. The van der Waals surface area contributed by atoms with Crippen molar-refractivity contribution in [2.24, 2.45) is 5.14 Å². The monoisotopic (exact) mass is 468 g/mol.